The number of hydrogen-bond donors (Lipinski definition) is 1. The average Bonchev–Trinajstić information content (AvgIpc) is 2.49. The van der Waals surface area contributed by atoms with Gasteiger partial charge in [0.1, 0.15) is 0 Å². The number of nitrogens with one attached hydrogen (secondary N) is 1. The Balaban J connectivity index is 1.94. The molecule has 5 heteroatoms. The van der Waals surface area contributed by atoms with Crippen LogP contribution in [-0.4, -0.2) is 17.1 Å². The number of nitrogens with zero attached hydrogens (tertiary/aromatic N) is 2. The quantitative estimate of drug-likeness (QED) is 0.693. The molecular weight excluding hydrogens is 274 g/mol. The van der Waals surface area contributed by atoms with Crippen LogP contribution in [0.5, 0.6) is 0 Å². The van der Waals surface area contributed by atoms with E-state index in [0.717, 1.165) is 5.56 Å². The zero-order valence-electron chi connectivity index (χ0n) is 10.5. The molecule has 4 nitrogen and oxygen atoms in total. The fourth-order valence-electron chi connectivity index (χ4n) is 1.46. The molecule has 100 valence electrons. The van der Waals surface area contributed by atoms with Crippen molar-refractivity contribution in [3.63, 3.8) is 0 Å². The first-order valence-corrected chi connectivity index (χ1v) is 6.29. The van der Waals surface area contributed by atoms with Gasteiger partial charge in [-0.2, -0.15) is 5.10 Å². The smallest absolute Gasteiger partial charge is 0.267 e. The zero-order chi connectivity index (χ0) is 14.2. The second-order valence-electron chi connectivity index (χ2n) is 3.88. The minimum atomic E-state index is -0.335. The molecule has 0 aliphatic rings. The molecule has 0 spiro atoms. The molecule has 0 saturated heterocycles. The molecule has 1 heterocycles. The van der Waals surface area contributed by atoms with Gasteiger partial charge >= 0.3 is 0 Å². The minimum Gasteiger partial charge on any atom is -0.267 e. The second kappa shape index (κ2) is 7.21. The van der Waals surface area contributed by atoms with E-state index in [1.807, 2.05) is 30.3 Å². The monoisotopic (exact) mass is 285 g/mol. The Morgan fingerprint density at radius 3 is 2.70 bits per heavy atom. The number of halogens is 1. The molecular formula is C15H12ClN3O. The summed E-state index contributed by atoms with van der Waals surface area (Å²) in [4.78, 5) is 15.5. The molecule has 0 saturated carbocycles. The number of allylic oxidation sites excluding steroid dienone is 1. The molecule has 20 heavy (non-hydrogen) atoms. The summed E-state index contributed by atoms with van der Waals surface area (Å²) in [6.45, 7) is 0. The van der Waals surface area contributed by atoms with Gasteiger partial charge in [0.05, 0.1) is 16.8 Å². The molecule has 0 unspecified atom stereocenters. The number of carbonyl (C=O) groups excluding carboxylic acids is 1. The van der Waals surface area contributed by atoms with E-state index in [-0.39, 0.29) is 5.91 Å². The number of carbonyl (C=O) groups is 1. The van der Waals surface area contributed by atoms with Gasteiger partial charge in [0, 0.05) is 12.4 Å². The van der Waals surface area contributed by atoms with Crippen LogP contribution in [0.2, 0.25) is 0 Å². The number of benzene rings is 1. The molecule has 0 aliphatic carbocycles. The highest BCUT2D eigenvalue weighted by molar-refractivity contribution is 6.41. The molecule has 1 aromatic heterocycles. The summed E-state index contributed by atoms with van der Waals surface area (Å²) in [6.07, 6.45) is 6.19. The maximum absolute atomic E-state index is 11.7. The van der Waals surface area contributed by atoms with Gasteiger partial charge in [-0.15, -0.1) is 0 Å². The van der Waals surface area contributed by atoms with Gasteiger partial charge in [-0.05, 0) is 23.8 Å². The average molecular weight is 286 g/mol. The standard InChI is InChI=1S/C15H12ClN3O/c16-14(9-12-5-2-1-3-6-12)11-18-19-15(20)13-7-4-8-17-10-13/h1-11H,(H,19,20)/b14-9-,18-11+. The lowest BCUT2D eigenvalue weighted by Gasteiger charge is -1.98. The van der Waals surface area contributed by atoms with Crippen molar-refractivity contribution in [2.75, 3.05) is 0 Å². The number of hydrazone groups is 1. The van der Waals surface area contributed by atoms with Gasteiger partial charge in [0.25, 0.3) is 5.91 Å². The largest absolute Gasteiger partial charge is 0.272 e. The molecule has 1 amide bonds. The number of aromatic nitrogens is 1. The Hall–Kier alpha value is -2.46. The third-order valence-corrected chi connectivity index (χ3v) is 2.59. The lowest BCUT2D eigenvalue weighted by Crippen LogP contribution is -2.17. The van der Waals surface area contributed by atoms with Crippen LogP contribution in [0.4, 0.5) is 0 Å². The second-order valence-corrected chi connectivity index (χ2v) is 4.32. The highest BCUT2D eigenvalue weighted by Crippen LogP contribution is 2.07. The van der Waals surface area contributed by atoms with Crippen molar-refractivity contribution in [1.82, 2.24) is 10.4 Å². The van der Waals surface area contributed by atoms with Crippen molar-refractivity contribution in [2.45, 2.75) is 0 Å². The molecule has 0 bridgehead atoms. The predicted molar refractivity (Wildman–Crippen MR) is 80.5 cm³/mol. The third kappa shape index (κ3) is 4.33. The predicted octanol–water partition coefficient (Wildman–Crippen LogP) is 3.08. The molecule has 0 atom stereocenters. The van der Waals surface area contributed by atoms with Crippen molar-refractivity contribution >= 4 is 29.8 Å². The highest BCUT2D eigenvalue weighted by atomic mass is 35.5. The topological polar surface area (TPSA) is 54.4 Å². The Kier molecular flexibility index (Phi) is 5.03. The molecule has 2 rings (SSSR count). The molecule has 0 aliphatic heterocycles. The van der Waals surface area contributed by atoms with E-state index in [4.69, 9.17) is 11.6 Å². The zero-order valence-corrected chi connectivity index (χ0v) is 11.3. The van der Waals surface area contributed by atoms with Crippen molar-refractivity contribution in [2.24, 2.45) is 5.10 Å². The van der Waals surface area contributed by atoms with Gasteiger partial charge in [-0.3, -0.25) is 9.78 Å². The van der Waals surface area contributed by atoms with Crippen molar-refractivity contribution in [3.05, 3.63) is 71.0 Å². The van der Waals surface area contributed by atoms with Crippen LogP contribution in [0.1, 0.15) is 15.9 Å². The van der Waals surface area contributed by atoms with E-state index < -0.39 is 0 Å². The Labute approximate surface area is 121 Å². The normalized spacial score (nSPS) is 11.6. The van der Waals surface area contributed by atoms with Crippen molar-refractivity contribution in [1.29, 1.82) is 0 Å². The van der Waals surface area contributed by atoms with Crippen molar-refractivity contribution < 1.29 is 4.79 Å². The Morgan fingerprint density at radius 1 is 1.20 bits per heavy atom. The summed E-state index contributed by atoms with van der Waals surface area (Å²) >= 11 is 5.99. The number of hydrogen-bond acceptors (Lipinski definition) is 3. The summed E-state index contributed by atoms with van der Waals surface area (Å²) in [6, 6.07) is 12.9. The molecule has 0 radical (unpaired) electrons. The summed E-state index contributed by atoms with van der Waals surface area (Å²) in [7, 11) is 0. The van der Waals surface area contributed by atoms with E-state index >= 15 is 0 Å². The third-order valence-electron chi connectivity index (χ3n) is 2.38. The van der Waals surface area contributed by atoms with Gasteiger partial charge in [0.15, 0.2) is 0 Å². The fraction of sp³-hybridized carbons (Fsp3) is 0. The van der Waals surface area contributed by atoms with Crippen LogP contribution in [0.25, 0.3) is 6.08 Å². The lowest BCUT2D eigenvalue weighted by molar-refractivity contribution is 0.0955. The van der Waals surface area contributed by atoms with Gasteiger partial charge in [0.2, 0.25) is 0 Å². The van der Waals surface area contributed by atoms with E-state index in [2.05, 4.69) is 15.5 Å². The van der Waals surface area contributed by atoms with Crippen LogP contribution >= 0.6 is 11.6 Å². The summed E-state index contributed by atoms with van der Waals surface area (Å²) in [5.74, 6) is -0.335. The van der Waals surface area contributed by atoms with E-state index in [1.54, 1.807) is 24.4 Å². The lowest BCUT2D eigenvalue weighted by atomic mass is 10.2. The van der Waals surface area contributed by atoms with E-state index in [9.17, 15) is 4.79 Å². The van der Waals surface area contributed by atoms with Crippen LogP contribution in [0.15, 0.2) is 65.0 Å². The summed E-state index contributed by atoms with van der Waals surface area (Å²) in [5, 5.41) is 4.21. The van der Waals surface area contributed by atoms with Crippen molar-refractivity contribution in [3.8, 4) is 0 Å². The molecule has 2 aromatic rings. The summed E-state index contributed by atoms with van der Waals surface area (Å²) in [5.41, 5.74) is 3.78. The van der Waals surface area contributed by atoms with E-state index in [1.165, 1.54) is 12.4 Å². The fourth-order valence-corrected chi connectivity index (χ4v) is 1.63. The van der Waals surface area contributed by atoms with E-state index in [0.29, 0.717) is 10.6 Å². The summed E-state index contributed by atoms with van der Waals surface area (Å²) < 4.78 is 0. The molecule has 1 N–H and O–H groups in total. The maximum Gasteiger partial charge on any atom is 0.272 e. The van der Waals surface area contributed by atoms with Crippen LogP contribution < -0.4 is 5.43 Å². The molecule has 1 aromatic carbocycles. The van der Waals surface area contributed by atoms with Gasteiger partial charge in [-0.1, -0.05) is 41.9 Å². The SMILES string of the molecule is O=C(N/N=C/C(Cl)=C/c1ccccc1)c1cccnc1. The number of rotatable bonds is 4. The maximum atomic E-state index is 11.7. The Bertz CT molecular complexity index is 624. The van der Waals surface area contributed by atoms with Crippen LogP contribution in [-0.2, 0) is 0 Å². The number of pyridine rings is 1. The van der Waals surface area contributed by atoms with Crippen LogP contribution in [0.3, 0.4) is 0 Å². The van der Waals surface area contributed by atoms with Gasteiger partial charge in [-0.25, -0.2) is 5.43 Å². The van der Waals surface area contributed by atoms with Gasteiger partial charge < -0.3 is 0 Å². The first-order chi connectivity index (χ1) is 9.75. The number of amides is 1. The highest BCUT2D eigenvalue weighted by Gasteiger charge is 2.02. The molecule has 0 fully saturated rings. The first-order valence-electron chi connectivity index (χ1n) is 5.91. The Morgan fingerprint density at radius 2 is 2.00 bits per heavy atom. The first kappa shape index (κ1) is 14.0. The minimum absolute atomic E-state index is 0.335. The van der Waals surface area contributed by atoms with Crippen LogP contribution in [0, 0.1) is 0 Å².